The molecule has 0 unspecified atom stereocenters. The van der Waals surface area contributed by atoms with Gasteiger partial charge in [-0.3, -0.25) is 4.79 Å². The molecule has 0 aliphatic carbocycles. The highest BCUT2D eigenvalue weighted by Crippen LogP contribution is 2.24. The Morgan fingerprint density at radius 2 is 1.80 bits per heavy atom. The number of aromatic nitrogens is 1. The lowest BCUT2D eigenvalue weighted by molar-refractivity contribution is -0.120. The van der Waals surface area contributed by atoms with Crippen LogP contribution in [0.2, 0.25) is 0 Å². The number of carbonyl (C=O) groups excluding carboxylic acids is 1. The number of nitrogens with zero attached hydrogens (tertiary/aromatic N) is 3. The van der Waals surface area contributed by atoms with Crippen molar-refractivity contribution in [3.05, 3.63) is 48.2 Å². The highest BCUT2D eigenvalue weighted by atomic mass is 32.2. The normalized spacial score (nSPS) is 18.8. The molecule has 0 bridgehead atoms. The van der Waals surface area contributed by atoms with E-state index in [4.69, 9.17) is 0 Å². The summed E-state index contributed by atoms with van der Waals surface area (Å²) in [5, 5.41) is 6.19. The van der Waals surface area contributed by atoms with Gasteiger partial charge in [0.25, 0.3) is 0 Å². The Hall–Kier alpha value is -2.65. The van der Waals surface area contributed by atoms with E-state index < -0.39 is 10.0 Å². The summed E-state index contributed by atoms with van der Waals surface area (Å²) in [6.45, 7) is 4.55. The minimum absolute atomic E-state index is 0.0183. The Bertz CT molecular complexity index is 984. The van der Waals surface area contributed by atoms with Crippen LogP contribution in [0.4, 0.5) is 11.5 Å². The van der Waals surface area contributed by atoms with Gasteiger partial charge in [0.15, 0.2) is 0 Å². The van der Waals surface area contributed by atoms with E-state index in [0.29, 0.717) is 37.6 Å². The summed E-state index contributed by atoms with van der Waals surface area (Å²) in [6.07, 6.45) is 3.29. The fraction of sp³-hybridized carbons (Fsp3) is 0.429. The van der Waals surface area contributed by atoms with Crippen LogP contribution in [0.5, 0.6) is 0 Å². The molecule has 0 radical (unpaired) electrons. The summed E-state index contributed by atoms with van der Waals surface area (Å²) >= 11 is 0. The Morgan fingerprint density at radius 3 is 2.43 bits per heavy atom. The Morgan fingerprint density at radius 1 is 1.07 bits per heavy atom. The van der Waals surface area contributed by atoms with Crippen molar-refractivity contribution in [3.63, 3.8) is 0 Å². The first kappa shape index (κ1) is 20.6. The Balaban J connectivity index is 1.37. The van der Waals surface area contributed by atoms with Crippen molar-refractivity contribution in [1.29, 1.82) is 0 Å². The van der Waals surface area contributed by atoms with Crippen LogP contribution >= 0.6 is 0 Å². The maximum atomic E-state index is 13.0. The highest BCUT2D eigenvalue weighted by molar-refractivity contribution is 7.89. The first-order valence-corrected chi connectivity index (χ1v) is 11.7. The van der Waals surface area contributed by atoms with E-state index in [2.05, 4.69) is 15.6 Å². The van der Waals surface area contributed by atoms with Gasteiger partial charge in [0.1, 0.15) is 5.82 Å². The molecule has 1 amide bonds. The lowest BCUT2D eigenvalue weighted by Gasteiger charge is -2.32. The fourth-order valence-corrected chi connectivity index (χ4v) is 5.31. The van der Waals surface area contributed by atoms with Crippen molar-refractivity contribution < 1.29 is 13.2 Å². The molecule has 0 spiro atoms. The number of carbonyl (C=O) groups is 1. The molecule has 9 heteroatoms. The topological polar surface area (TPSA) is 94.6 Å². The number of benzene rings is 1. The molecule has 0 saturated carbocycles. The van der Waals surface area contributed by atoms with Gasteiger partial charge < -0.3 is 15.5 Å². The third-order valence-corrected chi connectivity index (χ3v) is 7.51. The van der Waals surface area contributed by atoms with Crippen LogP contribution in [0.25, 0.3) is 0 Å². The second-order valence-electron chi connectivity index (χ2n) is 7.81. The molecule has 2 aromatic rings. The molecule has 2 aliphatic heterocycles. The van der Waals surface area contributed by atoms with E-state index in [0.717, 1.165) is 29.9 Å². The van der Waals surface area contributed by atoms with Gasteiger partial charge >= 0.3 is 0 Å². The Kier molecular flexibility index (Phi) is 5.92. The summed E-state index contributed by atoms with van der Waals surface area (Å²) in [7, 11) is -3.53. The molecule has 2 saturated heterocycles. The van der Waals surface area contributed by atoms with Gasteiger partial charge in [0.05, 0.1) is 11.4 Å². The van der Waals surface area contributed by atoms with Gasteiger partial charge in [-0.05, 0) is 55.7 Å². The predicted molar refractivity (Wildman–Crippen MR) is 116 cm³/mol. The predicted octanol–water partition coefficient (Wildman–Crippen LogP) is 1.59. The van der Waals surface area contributed by atoms with Crippen LogP contribution < -0.4 is 15.5 Å². The molecule has 2 fully saturated rings. The molecule has 160 valence electrons. The van der Waals surface area contributed by atoms with E-state index in [9.17, 15) is 13.2 Å². The largest absolute Gasteiger partial charge is 0.367 e. The maximum absolute atomic E-state index is 13.0. The minimum Gasteiger partial charge on any atom is -0.367 e. The van der Waals surface area contributed by atoms with Gasteiger partial charge in [-0.1, -0.05) is 6.07 Å². The van der Waals surface area contributed by atoms with Crippen molar-refractivity contribution >= 4 is 27.4 Å². The van der Waals surface area contributed by atoms with Crippen LogP contribution in [0.3, 0.4) is 0 Å². The minimum atomic E-state index is -3.53. The van der Waals surface area contributed by atoms with E-state index in [1.54, 1.807) is 28.6 Å². The van der Waals surface area contributed by atoms with Gasteiger partial charge in [0.2, 0.25) is 15.9 Å². The maximum Gasteiger partial charge on any atom is 0.243 e. The molecule has 1 aromatic carbocycles. The lowest BCUT2D eigenvalue weighted by atomic mass is 10.1. The quantitative estimate of drug-likeness (QED) is 0.750. The van der Waals surface area contributed by atoms with Gasteiger partial charge in [-0.2, -0.15) is 4.31 Å². The average Bonchev–Trinajstić information content (AvgIpc) is 2.76. The van der Waals surface area contributed by atoms with Crippen molar-refractivity contribution in [2.24, 2.45) is 0 Å². The summed E-state index contributed by atoms with van der Waals surface area (Å²) < 4.78 is 27.6. The first-order valence-electron chi connectivity index (χ1n) is 10.2. The summed E-state index contributed by atoms with van der Waals surface area (Å²) in [4.78, 5) is 18.2. The molecule has 1 aromatic heterocycles. The lowest BCUT2D eigenvalue weighted by Crippen LogP contribution is -2.47. The van der Waals surface area contributed by atoms with E-state index in [1.807, 2.05) is 30.2 Å². The number of piperazine rings is 1. The average molecular weight is 430 g/mol. The van der Waals surface area contributed by atoms with Gasteiger partial charge in [-0.15, -0.1) is 0 Å². The number of piperidine rings is 1. The number of hydrogen-bond donors (Lipinski definition) is 2. The number of pyridine rings is 1. The highest BCUT2D eigenvalue weighted by Gasteiger charge is 2.29. The van der Waals surface area contributed by atoms with E-state index in [1.165, 1.54) is 0 Å². The molecule has 2 aliphatic rings. The van der Waals surface area contributed by atoms with E-state index in [-0.39, 0.29) is 11.9 Å². The van der Waals surface area contributed by atoms with Crippen molar-refractivity contribution in [1.82, 2.24) is 14.6 Å². The van der Waals surface area contributed by atoms with Crippen LogP contribution in [0.1, 0.15) is 18.4 Å². The summed E-state index contributed by atoms with van der Waals surface area (Å²) in [5.74, 6) is 0.805. The van der Waals surface area contributed by atoms with Crippen LogP contribution in [-0.2, 0) is 14.8 Å². The molecular weight excluding hydrogens is 402 g/mol. The zero-order chi connectivity index (χ0) is 21.1. The number of nitrogens with one attached hydrogen (secondary N) is 2. The van der Waals surface area contributed by atoms with Crippen molar-refractivity contribution in [2.75, 3.05) is 42.9 Å². The summed E-state index contributed by atoms with van der Waals surface area (Å²) in [6, 6.07) is 11.0. The number of aryl methyl sites for hydroxylation is 1. The van der Waals surface area contributed by atoms with Crippen LogP contribution in [-0.4, -0.2) is 62.4 Å². The van der Waals surface area contributed by atoms with Crippen molar-refractivity contribution in [3.8, 4) is 0 Å². The second kappa shape index (κ2) is 8.61. The molecule has 4 rings (SSSR count). The standard InChI is InChI=1S/C21H27N5O3S/c1-16-2-7-20(23-14-16)24-17-8-11-26(12-9-17)30(28,29)19-5-3-18(4-6-19)25-13-10-22-21(27)15-25/h2-7,14,17H,8-13,15H2,1H3,(H,22,27)(H,23,24). The molecule has 2 N–H and O–H groups in total. The van der Waals surface area contributed by atoms with Gasteiger partial charge in [0, 0.05) is 44.1 Å². The molecule has 0 atom stereocenters. The number of rotatable bonds is 5. The van der Waals surface area contributed by atoms with Crippen molar-refractivity contribution in [2.45, 2.75) is 30.7 Å². The molecule has 30 heavy (non-hydrogen) atoms. The molecule has 8 nitrogen and oxygen atoms in total. The number of amides is 1. The fourth-order valence-electron chi connectivity index (χ4n) is 3.84. The molecule has 3 heterocycles. The van der Waals surface area contributed by atoms with Crippen LogP contribution in [0.15, 0.2) is 47.5 Å². The van der Waals surface area contributed by atoms with Gasteiger partial charge in [-0.25, -0.2) is 13.4 Å². The SMILES string of the molecule is Cc1ccc(NC2CCN(S(=O)(=O)c3ccc(N4CCNC(=O)C4)cc3)CC2)nc1. The Labute approximate surface area is 177 Å². The number of hydrogen-bond acceptors (Lipinski definition) is 6. The van der Waals surface area contributed by atoms with E-state index >= 15 is 0 Å². The first-order chi connectivity index (χ1) is 14.4. The number of sulfonamides is 1. The number of anilines is 2. The molecular formula is C21H27N5O3S. The van der Waals surface area contributed by atoms with Crippen LogP contribution in [0, 0.1) is 6.92 Å². The third-order valence-electron chi connectivity index (χ3n) is 5.60. The zero-order valence-electron chi connectivity index (χ0n) is 17.0. The second-order valence-corrected chi connectivity index (χ2v) is 9.75. The zero-order valence-corrected chi connectivity index (χ0v) is 17.9. The summed E-state index contributed by atoms with van der Waals surface area (Å²) in [5.41, 5.74) is 1.97. The smallest absolute Gasteiger partial charge is 0.243 e. The monoisotopic (exact) mass is 429 g/mol. The third kappa shape index (κ3) is 4.57.